The molecule has 0 aliphatic heterocycles. The fraction of sp³-hybridized carbons (Fsp3) is 0.389. The minimum Gasteiger partial charge on any atom is -0.466 e. The number of thiazole rings is 1. The van der Waals surface area contributed by atoms with E-state index in [1.54, 1.807) is 23.6 Å². The number of thiophene rings is 1. The smallest absolute Gasteiger partial charge is 0.311 e. The zero-order valence-corrected chi connectivity index (χ0v) is 18.5. The van der Waals surface area contributed by atoms with E-state index < -0.39 is 0 Å². The summed E-state index contributed by atoms with van der Waals surface area (Å²) in [5.74, 6) is 0.506. The molecule has 3 aromatic rings. The summed E-state index contributed by atoms with van der Waals surface area (Å²) >= 11 is 4.24. The topological polar surface area (TPSA) is 99.0 Å². The maximum Gasteiger partial charge on any atom is 0.311 e. The maximum atomic E-state index is 12.3. The highest BCUT2D eigenvalue weighted by atomic mass is 32.2. The Bertz CT molecular complexity index is 952. The Labute approximate surface area is 180 Å². The van der Waals surface area contributed by atoms with Crippen LogP contribution in [0.5, 0.6) is 0 Å². The van der Waals surface area contributed by atoms with Gasteiger partial charge in [-0.25, -0.2) is 4.98 Å². The van der Waals surface area contributed by atoms with Crippen molar-refractivity contribution < 1.29 is 14.3 Å². The number of aromatic nitrogens is 4. The van der Waals surface area contributed by atoms with Crippen LogP contribution in [0.15, 0.2) is 28.0 Å². The number of rotatable bonds is 10. The number of carbonyl (C=O) groups excluding carboxylic acids is 2. The molecule has 0 spiro atoms. The Hall–Kier alpha value is -2.24. The van der Waals surface area contributed by atoms with Crippen molar-refractivity contribution in [2.45, 2.75) is 38.4 Å². The summed E-state index contributed by atoms with van der Waals surface area (Å²) in [6, 6.07) is 3.99. The van der Waals surface area contributed by atoms with Gasteiger partial charge in [0.2, 0.25) is 5.91 Å². The zero-order chi connectivity index (χ0) is 20.6. The van der Waals surface area contributed by atoms with Crippen molar-refractivity contribution in [1.82, 2.24) is 19.7 Å². The van der Waals surface area contributed by atoms with Gasteiger partial charge in [0.25, 0.3) is 0 Å². The molecule has 1 N–H and O–H groups in total. The molecule has 0 radical (unpaired) electrons. The number of anilines is 1. The Morgan fingerprint density at radius 2 is 2.14 bits per heavy atom. The van der Waals surface area contributed by atoms with Crippen molar-refractivity contribution in [2.75, 3.05) is 17.7 Å². The number of hydrogen-bond donors (Lipinski definition) is 1. The van der Waals surface area contributed by atoms with Crippen molar-refractivity contribution in [3.05, 3.63) is 28.6 Å². The lowest BCUT2D eigenvalue weighted by atomic mass is 10.3. The van der Waals surface area contributed by atoms with Crippen molar-refractivity contribution >= 4 is 51.4 Å². The molecule has 0 saturated heterocycles. The number of hydrogen-bond acceptors (Lipinski definition) is 9. The fourth-order valence-electron chi connectivity index (χ4n) is 2.50. The predicted octanol–water partition coefficient (Wildman–Crippen LogP) is 3.71. The summed E-state index contributed by atoms with van der Waals surface area (Å²) in [5, 5.41) is 16.3. The minimum absolute atomic E-state index is 0.0978. The molecular formula is C18H21N5O3S3. The lowest BCUT2D eigenvalue weighted by molar-refractivity contribution is -0.142. The fourth-order valence-corrected chi connectivity index (χ4v) is 4.71. The molecule has 0 saturated carbocycles. The highest BCUT2D eigenvalue weighted by molar-refractivity contribution is 7.99. The molecule has 1 amide bonds. The van der Waals surface area contributed by atoms with Gasteiger partial charge in [-0.3, -0.25) is 9.59 Å². The van der Waals surface area contributed by atoms with Crippen molar-refractivity contribution in [2.24, 2.45) is 0 Å². The van der Waals surface area contributed by atoms with E-state index in [0.29, 0.717) is 22.6 Å². The van der Waals surface area contributed by atoms with Crippen LogP contribution in [-0.2, 0) is 27.3 Å². The second-order valence-corrected chi connectivity index (χ2v) is 8.65. The summed E-state index contributed by atoms with van der Waals surface area (Å²) in [6.45, 7) is 4.97. The van der Waals surface area contributed by atoms with Gasteiger partial charge < -0.3 is 14.6 Å². The normalized spacial score (nSPS) is 10.8. The molecule has 3 aromatic heterocycles. The van der Waals surface area contributed by atoms with Gasteiger partial charge in [0.15, 0.2) is 16.1 Å². The summed E-state index contributed by atoms with van der Waals surface area (Å²) in [6.07, 6.45) is 1.04. The Kier molecular flexibility index (Phi) is 7.78. The van der Waals surface area contributed by atoms with Crippen molar-refractivity contribution in [3.63, 3.8) is 0 Å². The molecule has 0 bridgehead atoms. The summed E-state index contributed by atoms with van der Waals surface area (Å²) in [4.78, 5) is 29.1. The number of carbonyl (C=O) groups is 2. The molecule has 0 aromatic carbocycles. The Morgan fingerprint density at radius 3 is 2.86 bits per heavy atom. The predicted molar refractivity (Wildman–Crippen MR) is 115 cm³/mol. The average Bonchev–Trinajstić information content (AvgIpc) is 3.42. The Morgan fingerprint density at radius 1 is 1.28 bits per heavy atom. The van der Waals surface area contributed by atoms with Crippen LogP contribution in [0, 0.1) is 0 Å². The second-order valence-electron chi connectivity index (χ2n) is 5.90. The number of thioether (sulfide) groups is 1. The third-order valence-electron chi connectivity index (χ3n) is 3.67. The molecular weight excluding hydrogens is 430 g/mol. The minimum atomic E-state index is -0.331. The number of amides is 1. The third kappa shape index (κ3) is 5.87. The molecule has 0 aliphatic rings. The maximum absolute atomic E-state index is 12.3. The van der Waals surface area contributed by atoms with Gasteiger partial charge in [0, 0.05) is 11.9 Å². The van der Waals surface area contributed by atoms with Crippen molar-refractivity contribution in [1.29, 1.82) is 0 Å². The van der Waals surface area contributed by atoms with Crippen LogP contribution in [0.3, 0.4) is 0 Å². The molecule has 8 nitrogen and oxygen atoms in total. The number of nitrogens with one attached hydrogen (secondary N) is 1. The highest BCUT2D eigenvalue weighted by Gasteiger charge is 2.16. The zero-order valence-electron chi connectivity index (χ0n) is 16.1. The first-order valence-corrected chi connectivity index (χ1v) is 11.8. The average molecular weight is 452 g/mol. The quantitative estimate of drug-likeness (QED) is 0.370. The Balaban J connectivity index is 1.57. The molecule has 3 rings (SSSR count). The molecule has 154 valence electrons. The first-order chi connectivity index (χ1) is 14.1. The van der Waals surface area contributed by atoms with Gasteiger partial charge in [-0.05, 0) is 24.8 Å². The second kappa shape index (κ2) is 10.5. The van der Waals surface area contributed by atoms with Crippen LogP contribution < -0.4 is 5.32 Å². The van der Waals surface area contributed by atoms with Crippen LogP contribution in [0.25, 0.3) is 10.7 Å². The van der Waals surface area contributed by atoms with Gasteiger partial charge >= 0.3 is 5.97 Å². The van der Waals surface area contributed by atoms with Crippen LogP contribution in [-0.4, -0.2) is 44.0 Å². The van der Waals surface area contributed by atoms with E-state index in [4.69, 9.17) is 4.74 Å². The van der Waals surface area contributed by atoms with E-state index in [1.165, 1.54) is 23.1 Å². The molecule has 0 unspecified atom stereocenters. The highest BCUT2D eigenvalue weighted by Crippen LogP contribution is 2.27. The summed E-state index contributed by atoms with van der Waals surface area (Å²) in [5.41, 5.74) is 0.583. The molecule has 3 heterocycles. The summed E-state index contributed by atoms with van der Waals surface area (Å²) in [7, 11) is 0. The standard InChI is InChI=1S/C18H21N5O3S3/c1-3-7-23-16(13-6-5-8-27-13)21-22-18(23)29-11-14(24)20-17-19-12(10-28-17)9-15(25)26-4-2/h5-6,8,10H,3-4,7,9,11H2,1-2H3,(H,19,20,24). The first kappa shape index (κ1) is 21.5. The molecule has 0 fully saturated rings. The lowest BCUT2D eigenvalue weighted by Gasteiger charge is -2.07. The lowest BCUT2D eigenvalue weighted by Crippen LogP contribution is -2.15. The molecule has 0 aliphatic carbocycles. The van der Waals surface area contributed by atoms with Gasteiger partial charge in [0.05, 0.1) is 29.4 Å². The van der Waals surface area contributed by atoms with Crippen LogP contribution in [0.2, 0.25) is 0 Å². The van der Waals surface area contributed by atoms with Gasteiger partial charge in [-0.2, -0.15) is 0 Å². The SMILES string of the molecule is CCCn1c(SCC(=O)Nc2nc(CC(=O)OCC)cs2)nnc1-c1cccs1. The third-order valence-corrected chi connectivity index (χ3v) is 6.31. The van der Waals surface area contributed by atoms with Gasteiger partial charge in [-0.1, -0.05) is 24.8 Å². The van der Waals surface area contributed by atoms with E-state index in [0.717, 1.165) is 23.7 Å². The molecule has 29 heavy (non-hydrogen) atoms. The van der Waals surface area contributed by atoms with Crippen molar-refractivity contribution in [3.8, 4) is 10.7 Å². The number of nitrogens with zero attached hydrogens (tertiary/aromatic N) is 4. The van der Waals surface area contributed by atoms with Gasteiger partial charge in [0.1, 0.15) is 0 Å². The summed E-state index contributed by atoms with van der Waals surface area (Å²) < 4.78 is 6.95. The number of ether oxygens (including phenoxy) is 1. The first-order valence-electron chi connectivity index (χ1n) is 9.10. The monoisotopic (exact) mass is 451 g/mol. The van der Waals surface area contributed by atoms with E-state index >= 15 is 0 Å². The van der Waals surface area contributed by atoms with Gasteiger partial charge in [-0.15, -0.1) is 32.9 Å². The van der Waals surface area contributed by atoms with E-state index in [1.807, 2.05) is 22.1 Å². The van der Waals surface area contributed by atoms with Crippen LogP contribution in [0.1, 0.15) is 26.0 Å². The van der Waals surface area contributed by atoms with Crippen LogP contribution in [0.4, 0.5) is 5.13 Å². The van der Waals surface area contributed by atoms with E-state index in [9.17, 15) is 9.59 Å². The largest absolute Gasteiger partial charge is 0.466 e. The van der Waals surface area contributed by atoms with E-state index in [2.05, 4.69) is 27.4 Å². The number of esters is 1. The van der Waals surface area contributed by atoms with E-state index in [-0.39, 0.29) is 24.1 Å². The molecule has 0 atom stereocenters. The molecule has 11 heteroatoms. The van der Waals surface area contributed by atoms with Crippen LogP contribution >= 0.6 is 34.4 Å².